The van der Waals surface area contributed by atoms with Gasteiger partial charge in [0.25, 0.3) is 0 Å². The van der Waals surface area contributed by atoms with E-state index in [2.05, 4.69) is 27.8 Å². The highest BCUT2D eigenvalue weighted by molar-refractivity contribution is 7.13. The van der Waals surface area contributed by atoms with Crippen LogP contribution in [-0.2, 0) is 35.2 Å². The van der Waals surface area contributed by atoms with Gasteiger partial charge in [-0.15, -0.1) is 11.3 Å². The number of nitrogens with zero attached hydrogens (tertiary/aromatic N) is 2. The van der Waals surface area contributed by atoms with E-state index in [0.29, 0.717) is 32.5 Å². The number of aryl methyl sites for hydroxylation is 1. The summed E-state index contributed by atoms with van der Waals surface area (Å²) in [5, 5.41) is 23.5. The molecule has 0 radical (unpaired) electrons. The molecule has 1 aromatic heterocycles. The highest BCUT2D eigenvalue weighted by Crippen LogP contribution is 2.27. The fraction of sp³-hybridized carbons (Fsp3) is 0.567. The standard InChI is InChI=1S/C18H32N2O7.C12H12N2OS/c1-18(2,3)16(17(25)20-7-4-13(21)12-20)19-14(22)5-8-26-10-11-27-9-6-15(23)24;1-9-12(16-8-14-9)11-4-2-10(3-5-11)6-13-7-15/h13,16,21H,4-12H2,1-3H3,(H,19,22)(H,23,24);2-5,7-8H,6H2,1H3,(H,13,15). The fourth-order valence-electron chi connectivity index (χ4n) is 4.17. The number of thiazole rings is 1. The Morgan fingerprint density at radius 1 is 1.12 bits per heavy atom. The Hall–Kier alpha value is -3.39. The molecule has 2 aromatic rings. The summed E-state index contributed by atoms with van der Waals surface area (Å²) in [6.07, 6.45) is 0.813. The summed E-state index contributed by atoms with van der Waals surface area (Å²) in [7, 11) is 0. The van der Waals surface area contributed by atoms with E-state index in [1.54, 1.807) is 16.2 Å². The van der Waals surface area contributed by atoms with Gasteiger partial charge in [0.1, 0.15) is 6.04 Å². The number of aliphatic carboxylic acids is 1. The van der Waals surface area contributed by atoms with Crippen LogP contribution in [0.3, 0.4) is 0 Å². The molecule has 1 fully saturated rings. The van der Waals surface area contributed by atoms with Crippen molar-refractivity contribution < 1.29 is 38.9 Å². The molecule has 0 bridgehead atoms. The maximum absolute atomic E-state index is 12.7. The Morgan fingerprint density at radius 2 is 1.77 bits per heavy atom. The molecule has 1 aliphatic heterocycles. The van der Waals surface area contributed by atoms with Crippen molar-refractivity contribution in [1.29, 1.82) is 0 Å². The Balaban J connectivity index is 0.000000340. The molecule has 0 saturated carbocycles. The Bertz CT molecular complexity index is 1170. The van der Waals surface area contributed by atoms with Crippen molar-refractivity contribution in [3.05, 3.63) is 41.0 Å². The Kier molecular flexibility index (Phi) is 15.2. The van der Waals surface area contributed by atoms with Crippen LogP contribution in [0.5, 0.6) is 0 Å². The quantitative estimate of drug-likeness (QED) is 0.173. The van der Waals surface area contributed by atoms with Gasteiger partial charge in [0.2, 0.25) is 18.2 Å². The second-order valence-electron chi connectivity index (χ2n) is 11.2. The molecule has 3 amide bonds. The first-order chi connectivity index (χ1) is 20.4. The Labute approximate surface area is 256 Å². The zero-order chi connectivity index (χ0) is 31.8. The summed E-state index contributed by atoms with van der Waals surface area (Å²) in [6, 6.07) is 7.48. The number of carboxylic acid groups (broad SMARTS) is 1. The van der Waals surface area contributed by atoms with Crippen molar-refractivity contribution >= 4 is 35.5 Å². The monoisotopic (exact) mass is 620 g/mol. The number of β-amino-alcohol motifs (C(OH)–C–C–N with tert-alkyl or cyclic N) is 1. The highest BCUT2D eigenvalue weighted by atomic mass is 32.1. The summed E-state index contributed by atoms with van der Waals surface area (Å²) in [6.45, 7) is 9.85. The fourth-order valence-corrected chi connectivity index (χ4v) is 4.98. The normalized spacial score (nSPS) is 15.3. The molecule has 1 saturated heterocycles. The van der Waals surface area contributed by atoms with Crippen molar-refractivity contribution in [1.82, 2.24) is 20.5 Å². The van der Waals surface area contributed by atoms with Crippen LogP contribution in [0.1, 0.15) is 51.3 Å². The molecule has 1 aromatic carbocycles. The first-order valence-corrected chi connectivity index (χ1v) is 15.1. The predicted octanol–water partition coefficient (Wildman–Crippen LogP) is 2.37. The number of carboxylic acids is 1. The molecule has 12 nitrogen and oxygen atoms in total. The average Bonchev–Trinajstić information content (AvgIpc) is 3.59. The highest BCUT2D eigenvalue weighted by Gasteiger charge is 2.37. The topological polar surface area (TPSA) is 167 Å². The lowest BCUT2D eigenvalue weighted by Crippen LogP contribution is -2.54. The molecular weight excluding hydrogens is 576 g/mol. The van der Waals surface area contributed by atoms with E-state index in [9.17, 15) is 24.3 Å². The molecule has 2 heterocycles. The van der Waals surface area contributed by atoms with Gasteiger partial charge in [-0.05, 0) is 29.9 Å². The number of carbonyl (C=O) groups excluding carboxylic acids is 3. The number of likely N-dealkylation sites (tertiary alicyclic amines) is 1. The molecule has 4 N–H and O–H groups in total. The number of rotatable bonds is 15. The van der Waals surface area contributed by atoms with Crippen LogP contribution in [0.25, 0.3) is 10.4 Å². The summed E-state index contributed by atoms with van der Waals surface area (Å²) < 4.78 is 10.4. The lowest BCUT2D eigenvalue weighted by molar-refractivity contribution is -0.139. The minimum absolute atomic E-state index is 0.0569. The van der Waals surface area contributed by atoms with Gasteiger partial charge in [0, 0.05) is 26.1 Å². The minimum Gasteiger partial charge on any atom is -0.481 e. The predicted molar refractivity (Wildman–Crippen MR) is 162 cm³/mol. The van der Waals surface area contributed by atoms with E-state index >= 15 is 0 Å². The van der Waals surface area contributed by atoms with Crippen LogP contribution in [0.2, 0.25) is 0 Å². The van der Waals surface area contributed by atoms with Crippen molar-refractivity contribution in [3.63, 3.8) is 0 Å². The average molecular weight is 621 g/mol. The number of amides is 3. The second-order valence-corrected chi connectivity index (χ2v) is 12.0. The van der Waals surface area contributed by atoms with E-state index in [-0.39, 0.29) is 51.1 Å². The third-order valence-corrected chi connectivity index (χ3v) is 7.53. The number of hydrogen-bond acceptors (Lipinski definition) is 9. The second kappa shape index (κ2) is 18.3. The molecule has 238 valence electrons. The number of nitrogens with one attached hydrogen (secondary N) is 2. The SMILES string of the molecule is CC(C)(C)C(NC(=O)CCOCCOCCC(=O)O)C(=O)N1CCC(O)C1.Cc1ncsc1-c1ccc(CNC=O)cc1. The number of carbonyl (C=O) groups is 4. The Morgan fingerprint density at radius 3 is 2.28 bits per heavy atom. The summed E-state index contributed by atoms with van der Waals surface area (Å²) in [4.78, 5) is 52.4. The molecule has 0 spiro atoms. The molecule has 2 atom stereocenters. The summed E-state index contributed by atoms with van der Waals surface area (Å²) in [5.41, 5.74) is 4.72. The number of ether oxygens (including phenoxy) is 2. The maximum Gasteiger partial charge on any atom is 0.305 e. The van der Waals surface area contributed by atoms with Gasteiger partial charge in [0.05, 0.1) is 55.0 Å². The van der Waals surface area contributed by atoms with E-state index in [1.807, 2.05) is 45.3 Å². The van der Waals surface area contributed by atoms with Crippen LogP contribution in [0.4, 0.5) is 0 Å². The van der Waals surface area contributed by atoms with E-state index in [4.69, 9.17) is 14.6 Å². The van der Waals surface area contributed by atoms with Gasteiger partial charge in [0.15, 0.2) is 0 Å². The minimum atomic E-state index is -0.918. The molecular formula is C30H44N4O8S. The van der Waals surface area contributed by atoms with Gasteiger partial charge >= 0.3 is 5.97 Å². The number of aliphatic hydroxyl groups excluding tert-OH is 1. The number of aromatic nitrogens is 1. The summed E-state index contributed by atoms with van der Waals surface area (Å²) >= 11 is 1.64. The van der Waals surface area contributed by atoms with Gasteiger partial charge in [-0.1, -0.05) is 45.0 Å². The van der Waals surface area contributed by atoms with Crippen molar-refractivity contribution in [3.8, 4) is 10.4 Å². The van der Waals surface area contributed by atoms with Crippen molar-refractivity contribution in [2.75, 3.05) is 39.5 Å². The smallest absolute Gasteiger partial charge is 0.305 e. The first-order valence-electron chi connectivity index (χ1n) is 14.2. The van der Waals surface area contributed by atoms with Crippen LogP contribution >= 0.6 is 11.3 Å². The third kappa shape index (κ3) is 13.2. The number of hydrogen-bond donors (Lipinski definition) is 4. The van der Waals surface area contributed by atoms with E-state index in [1.165, 1.54) is 10.4 Å². The van der Waals surface area contributed by atoms with Crippen LogP contribution in [0, 0.1) is 12.3 Å². The first kappa shape index (κ1) is 35.8. The lowest BCUT2D eigenvalue weighted by atomic mass is 9.85. The molecule has 13 heteroatoms. The van der Waals surface area contributed by atoms with E-state index in [0.717, 1.165) is 11.3 Å². The number of benzene rings is 1. The maximum atomic E-state index is 12.7. The van der Waals surface area contributed by atoms with Gasteiger partial charge in [-0.3, -0.25) is 19.2 Å². The largest absolute Gasteiger partial charge is 0.481 e. The van der Waals surface area contributed by atoms with E-state index < -0.39 is 23.5 Å². The molecule has 2 unspecified atom stereocenters. The van der Waals surface area contributed by atoms with Gasteiger partial charge < -0.3 is 35.2 Å². The number of aliphatic hydroxyl groups is 1. The zero-order valence-electron chi connectivity index (χ0n) is 25.3. The molecule has 3 rings (SSSR count). The molecule has 0 aliphatic carbocycles. The lowest BCUT2D eigenvalue weighted by Gasteiger charge is -2.33. The molecule has 1 aliphatic rings. The third-order valence-electron chi connectivity index (χ3n) is 6.55. The van der Waals surface area contributed by atoms with Crippen LogP contribution in [-0.4, -0.2) is 96.0 Å². The molecule has 43 heavy (non-hydrogen) atoms. The van der Waals surface area contributed by atoms with Crippen LogP contribution in [0.15, 0.2) is 29.8 Å². The van der Waals surface area contributed by atoms with Crippen molar-refractivity contribution in [2.45, 2.75) is 65.6 Å². The van der Waals surface area contributed by atoms with Crippen molar-refractivity contribution in [2.24, 2.45) is 5.41 Å². The van der Waals surface area contributed by atoms with Gasteiger partial charge in [-0.2, -0.15) is 0 Å². The summed E-state index contributed by atoms with van der Waals surface area (Å²) in [5.74, 6) is -1.38. The van der Waals surface area contributed by atoms with Gasteiger partial charge in [-0.25, -0.2) is 4.98 Å². The zero-order valence-corrected chi connectivity index (χ0v) is 26.2. The van der Waals surface area contributed by atoms with Crippen LogP contribution < -0.4 is 10.6 Å².